The van der Waals surface area contributed by atoms with E-state index in [1.54, 1.807) is 18.2 Å². The SMILES string of the molecule is C=CCn1c(/C=C(/C(=O)Oc2ccccc2)c2ccccc2)nc2ccccc21. The van der Waals surface area contributed by atoms with Crippen molar-refractivity contribution in [2.45, 2.75) is 6.54 Å². The third-order valence-corrected chi connectivity index (χ3v) is 4.53. The zero-order valence-corrected chi connectivity index (χ0v) is 15.9. The first-order valence-corrected chi connectivity index (χ1v) is 9.37. The molecular weight excluding hydrogens is 360 g/mol. The molecule has 0 saturated carbocycles. The first-order valence-electron chi connectivity index (χ1n) is 9.37. The fourth-order valence-corrected chi connectivity index (χ4v) is 3.18. The second-order valence-electron chi connectivity index (χ2n) is 6.48. The molecule has 0 spiro atoms. The first-order chi connectivity index (χ1) is 14.3. The van der Waals surface area contributed by atoms with Crippen LogP contribution in [-0.2, 0) is 11.3 Å². The molecule has 0 bridgehead atoms. The van der Waals surface area contributed by atoms with Crippen molar-refractivity contribution in [2.24, 2.45) is 0 Å². The maximum atomic E-state index is 13.1. The van der Waals surface area contributed by atoms with E-state index in [9.17, 15) is 4.79 Å². The molecule has 0 N–H and O–H groups in total. The maximum Gasteiger partial charge on any atom is 0.344 e. The highest BCUT2D eigenvalue weighted by molar-refractivity contribution is 6.22. The quantitative estimate of drug-likeness (QED) is 0.196. The van der Waals surface area contributed by atoms with Gasteiger partial charge in [0.25, 0.3) is 0 Å². The molecule has 29 heavy (non-hydrogen) atoms. The van der Waals surface area contributed by atoms with Crippen LogP contribution < -0.4 is 4.74 Å². The Hall–Kier alpha value is -3.92. The number of ether oxygens (including phenoxy) is 1. The topological polar surface area (TPSA) is 44.1 Å². The van der Waals surface area contributed by atoms with Gasteiger partial charge >= 0.3 is 5.97 Å². The van der Waals surface area contributed by atoms with E-state index in [-0.39, 0.29) is 0 Å². The molecule has 0 aliphatic rings. The summed E-state index contributed by atoms with van der Waals surface area (Å²) in [5, 5.41) is 0. The lowest BCUT2D eigenvalue weighted by Gasteiger charge is -2.09. The van der Waals surface area contributed by atoms with Crippen LogP contribution in [0.3, 0.4) is 0 Å². The second-order valence-corrected chi connectivity index (χ2v) is 6.48. The summed E-state index contributed by atoms with van der Waals surface area (Å²) in [7, 11) is 0. The van der Waals surface area contributed by atoms with Crippen LogP contribution in [0, 0.1) is 0 Å². The molecule has 4 heteroatoms. The van der Waals surface area contributed by atoms with Crippen LogP contribution in [0.5, 0.6) is 5.75 Å². The Labute approximate surface area is 169 Å². The third kappa shape index (κ3) is 4.01. The number of hydrogen-bond donors (Lipinski definition) is 0. The molecule has 1 aromatic heterocycles. The number of para-hydroxylation sites is 3. The van der Waals surface area contributed by atoms with Gasteiger partial charge in [-0.05, 0) is 35.9 Å². The molecule has 0 saturated heterocycles. The molecule has 142 valence electrons. The molecule has 1 heterocycles. The number of benzene rings is 3. The van der Waals surface area contributed by atoms with Crippen molar-refractivity contribution in [2.75, 3.05) is 0 Å². The minimum atomic E-state index is -0.431. The van der Waals surface area contributed by atoms with Gasteiger partial charge in [0.15, 0.2) is 0 Å². The average Bonchev–Trinajstić information content (AvgIpc) is 3.11. The molecule has 4 aromatic rings. The van der Waals surface area contributed by atoms with Crippen molar-refractivity contribution in [3.05, 3.63) is 109 Å². The summed E-state index contributed by atoms with van der Waals surface area (Å²) < 4.78 is 7.64. The lowest BCUT2D eigenvalue weighted by Crippen LogP contribution is -2.11. The summed E-state index contributed by atoms with van der Waals surface area (Å²) in [6.45, 7) is 4.44. The standard InChI is InChI=1S/C25H20N2O2/c1-2-17-27-23-16-10-9-15-22(23)26-24(27)18-21(19-11-5-3-6-12-19)25(28)29-20-13-7-4-8-14-20/h2-16,18H,1,17H2/b21-18+. The number of fused-ring (bicyclic) bond motifs is 1. The van der Waals surface area contributed by atoms with E-state index >= 15 is 0 Å². The Kier molecular flexibility index (Phi) is 5.34. The molecule has 0 radical (unpaired) electrons. The molecule has 0 fully saturated rings. The zero-order valence-electron chi connectivity index (χ0n) is 15.9. The fourth-order valence-electron chi connectivity index (χ4n) is 3.18. The summed E-state index contributed by atoms with van der Waals surface area (Å²) in [5.74, 6) is 0.744. The minimum Gasteiger partial charge on any atom is -0.423 e. The molecule has 0 atom stereocenters. The van der Waals surface area contributed by atoms with Crippen molar-refractivity contribution < 1.29 is 9.53 Å². The smallest absolute Gasteiger partial charge is 0.344 e. The predicted octanol–water partition coefficient (Wildman–Crippen LogP) is 5.37. The van der Waals surface area contributed by atoms with Crippen LogP contribution >= 0.6 is 0 Å². The van der Waals surface area contributed by atoms with E-state index in [1.807, 2.05) is 83.4 Å². The van der Waals surface area contributed by atoms with E-state index in [0.717, 1.165) is 16.6 Å². The normalized spacial score (nSPS) is 11.4. The number of rotatable bonds is 6. The van der Waals surface area contributed by atoms with E-state index in [2.05, 4.69) is 6.58 Å². The number of aromatic nitrogens is 2. The molecule has 4 rings (SSSR count). The molecule has 0 unspecified atom stereocenters. The Morgan fingerprint density at radius 2 is 1.59 bits per heavy atom. The average molecular weight is 380 g/mol. The van der Waals surface area contributed by atoms with Crippen LogP contribution in [0.2, 0.25) is 0 Å². The van der Waals surface area contributed by atoms with Gasteiger partial charge in [-0.15, -0.1) is 6.58 Å². The second kappa shape index (κ2) is 8.40. The third-order valence-electron chi connectivity index (χ3n) is 4.53. The summed E-state index contributed by atoms with van der Waals surface area (Å²) in [4.78, 5) is 17.8. The van der Waals surface area contributed by atoms with Crippen LogP contribution in [0.25, 0.3) is 22.7 Å². The van der Waals surface area contributed by atoms with Crippen LogP contribution in [-0.4, -0.2) is 15.5 Å². The number of esters is 1. The van der Waals surface area contributed by atoms with Crippen molar-refractivity contribution >= 4 is 28.7 Å². The van der Waals surface area contributed by atoms with Crippen LogP contribution in [0.4, 0.5) is 0 Å². The van der Waals surface area contributed by atoms with Crippen molar-refractivity contribution in [1.29, 1.82) is 0 Å². The van der Waals surface area contributed by atoms with E-state index in [1.165, 1.54) is 0 Å². The highest BCUT2D eigenvalue weighted by Gasteiger charge is 2.17. The summed E-state index contributed by atoms with van der Waals surface area (Å²) in [6, 6.07) is 26.4. The van der Waals surface area contributed by atoms with E-state index < -0.39 is 5.97 Å². The van der Waals surface area contributed by atoms with E-state index in [4.69, 9.17) is 9.72 Å². The predicted molar refractivity (Wildman–Crippen MR) is 116 cm³/mol. The largest absolute Gasteiger partial charge is 0.423 e. The van der Waals surface area contributed by atoms with Gasteiger partial charge in [-0.1, -0.05) is 66.7 Å². The lowest BCUT2D eigenvalue weighted by atomic mass is 10.1. The van der Waals surface area contributed by atoms with Crippen LogP contribution in [0.1, 0.15) is 11.4 Å². The lowest BCUT2D eigenvalue weighted by molar-refractivity contribution is -0.127. The summed E-state index contributed by atoms with van der Waals surface area (Å²) in [5.41, 5.74) is 3.06. The van der Waals surface area contributed by atoms with Gasteiger partial charge in [-0.3, -0.25) is 0 Å². The highest BCUT2D eigenvalue weighted by atomic mass is 16.5. The molecule has 4 nitrogen and oxygen atoms in total. The van der Waals surface area contributed by atoms with Gasteiger partial charge in [0, 0.05) is 6.54 Å². The number of hydrogen-bond acceptors (Lipinski definition) is 3. The molecule has 0 aliphatic carbocycles. The number of carbonyl (C=O) groups excluding carboxylic acids is 1. The van der Waals surface area contributed by atoms with Gasteiger partial charge in [-0.25, -0.2) is 9.78 Å². The van der Waals surface area contributed by atoms with Gasteiger partial charge in [0.2, 0.25) is 0 Å². The van der Waals surface area contributed by atoms with Gasteiger partial charge < -0.3 is 9.30 Å². The summed E-state index contributed by atoms with van der Waals surface area (Å²) in [6.07, 6.45) is 3.60. The van der Waals surface area contributed by atoms with Crippen molar-refractivity contribution in [3.8, 4) is 5.75 Å². The van der Waals surface area contributed by atoms with Crippen molar-refractivity contribution in [3.63, 3.8) is 0 Å². The monoisotopic (exact) mass is 380 g/mol. The highest BCUT2D eigenvalue weighted by Crippen LogP contribution is 2.24. The van der Waals surface area contributed by atoms with Gasteiger partial charge in [0.1, 0.15) is 11.6 Å². The Morgan fingerprint density at radius 1 is 0.931 bits per heavy atom. The maximum absolute atomic E-state index is 13.1. The fraction of sp³-hybridized carbons (Fsp3) is 0.0400. The Balaban J connectivity index is 1.82. The Bertz CT molecular complexity index is 1180. The zero-order chi connectivity index (χ0) is 20.1. The first kappa shape index (κ1) is 18.4. The molecule has 0 aliphatic heterocycles. The number of nitrogens with zero attached hydrogens (tertiary/aromatic N) is 2. The number of imidazole rings is 1. The van der Waals surface area contributed by atoms with E-state index in [0.29, 0.717) is 23.7 Å². The van der Waals surface area contributed by atoms with Gasteiger partial charge in [0.05, 0.1) is 16.6 Å². The minimum absolute atomic E-state index is 0.431. The van der Waals surface area contributed by atoms with Gasteiger partial charge in [-0.2, -0.15) is 0 Å². The molecule has 3 aromatic carbocycles. The molecule has 0 amide bonds. The van der Waals surface area contributed by atoms with Crippen LogP contribution in [0.15, 0.2) is 97.6 Å². The number of allylic oxidation sites excluding steroid dienone is 1. The molecular formula is C25H20N2O2. The Morgan fingerprint density at radius 3 is 2.31 bits per heavy atom. The van der Waals surface area contributed by atoms with Crippen molar-refractivity contribution in [1.82, 2.24) is 9.55 Å². The summed E-state index contributed by atoms with van der Waals surface area (Å²) >= 11 is 0. The number of carbonyl (C=O) groups is 1.